The second-order valence-electron chi connectivity index (χ2n) is 5.28. The van der Waals surface area contributed by atoms with Crippen LogP contribution in [0.25, 0.3) is 0 Å². The molecule has 0 aliphatic heterocycles. The summed E-state index contributed by atoms with van der Waals surface area (Å²) in [4.78, 5) is 2.68. The fourth-order valence-corrected chi connectivity index (χ4v) is 3.10. The molecule has 16 heavy (non-hydrogen) atoms. The third-order valence-corrected chi connectivity index (χ3v) is 3.93. The summed E-state index contributed by atoms with van der Waals surface area (Å²) >= 11 is 0. The van der Waals surface area contributed by atoms with Crippen LogP contribution in [0.15, 0.2) is 0 Å². The van der Waals surface area contributed by atoms with Crippen LogP contribution in [0.5, 0.6) is 0 Å². The third kappa shape index (κ3) is 3.74. The summed E-state index contributed by atoms with van der Waals surface area (Å²) in [7, 11) is 0. The molecule has 0 aromatic carbocycles. The Morgan fingerprint density at radius 2 is 1.94 bits per heavy atom. The molecule has 0 spiro atoms. The predicted molar refractivity (Wildman–Crippen MR) is 71.8 cm³/mol. The molecule has 0 aromatic heterocycles. The average Bonchev–Trinajstić information content (AvgIpc) is 2.29. The van der Waals surface area contributed by atoms with Gasteiger partial charge in [-0.25, -0.2) is 0 Å². The number of hydrogen-bond donors (Lipinski definition) is 1. The molecule has 96 valence electrons. The van der Waals surface area contributed by atoms with Gasteiger partial charge in [-0.15, -0.1) is 0 Å². The van der Waals surface area contributed by atoms with Crippen molar-refractivity contribution in [1.29, 1.82) is 0 Å². The van der Waals surface area contributed by atoms with E-state index in [0.717, 1.165) is 24.5 Å². The molecular formula is C14H30N2. The van der Waals surface area contributed by atoms with E-state index in [1.54, 1.807) is 0 Å². The van der Waals surface area contributed by atoms with Gasteiger partial charge in [-0.3, -0.25) is 4.90 Å². The van der Waals surface area contributed by atoms with Gasteiger partial charge < -0.3 is 5.32 Å². The first-order valence-corrected chi connectivity index (χ1v) is 7.20. The van der Waals surface area contributed by atoms with E-state index in [1.807, 2.05) is 0 Å². The number of hydrogen-bond acceptors (Lipinski definition) is 2. The number of rotatable bonds is 6. The van der Waals surface area contributed by atoms with Crippen molar-refractivity contribution < 1.29 is 0 Å². The van der Waals surface area contributed by atoms with Gasteiger partial charge in [0.05, 0.1) is 0 Å². The highest BCUT2D eigenvalue weighted by Crippen LogP contribution is 2.27. The van der Waals surface area contributed by atoms with Gasteiger partial charge in [-0.2, -0.15) is 0 Å². The molecule has 1 aliphatic carbocycles. The Labute approximate surface area is 102 Å². The monoisotopic (exact) mass is 226 g/mol. The second kappa shape index (κ2) is 7.29. The highest BCUT2D eigenvalue weighted by molar-refractivity contribution is 4.89. The maximum atomic E-state index is 3.69. The van der Waals surface area contributed by atoms with Crippen molar-refractivity contribution in [2.24, 2.45) is 5.92 Å². The fraction of sp³-hybridized carbons (Fsp3) is 1.00. The molecule has 1 rings (SSSR count). The number of nitrogens with one attached hydrogen (secondary N) is 1. The number of nitrogens with zero attached hydrogens (tertiary/aromatic N) is 1. The normalized spacial score (nSPS) is 30.9. The summed E-state index contributed by atoms with van der Waals surface area (Å²) in [5.74, 6) is 0.908. The van der Waals surface area contributed by atoms with E-state index in [-0.39, 0.29) is 0 Å². The minimum absolute atomic E-state index is 0.729. The maximum absolute atomic E-state index is 3.69. The van der Waals surface area contributed by atoms with E-state index in [1.165, 1.54) is 38.8 Å². The predicted octanol–water partition coefficient (Wildman–Crippen LogP) is 2.89. The lowest BCUT2D eigenvalue weighted by Crippen LogP contribution is -2.53. The Morgan fingerprint density at radius 1 is 1.19 bits per heavy atom. The van der Waals surface area contributed by atoms with Gasteiger partial charge in [-0.1, -0.05) is 27.7 Å². The lowest BCUT2D eigenvalue weighted by Gasteiger charge is -2.42. The minimum Gasteiger partial charge on any atom is -0.313 e. The van der Waals surface area contributed by atoms with E-state index >= 15 is 0 Å². The van der Waals surface area contributed by atoms with Crippen LogP contribution in [0, 0.1) is 5.92 Å². The number of likely N-dealkylation sites (N-methyl/N-ethyl adjacent to an activating group) is 2. The Morgan fingerprint density at radius 3 is 2.50 bits per heavy atom. The Kier molecular flexibility index (Phi) is 6.37. The Hall–Kier alpha value is -0.0800. The quantitative estimate of drug-likeness (QED) is 0.749. The fourth-order valence-electron chi connectivity index (χ4n) is 3.10. The standard InChI is InChI=1S/C14H30N2/c1-5-10-16(7-3)14-11-12(4)8-9-13(14)15-6-2/h12-15H,5-11H2,1-4H3. The van der Waals surface area contributed by atoms with Crippen LogP contribution in [0.3, 0.4) is 0 Å². The van der Waals surface area contributed by atoms with Crippen LogP contribution < -0.4 is 5.32 Å². The minimum atomic E-state index is 0.729. The highest BCUT2D eigenvalue weighted by Gasteiger charge is 2.31. The molecule has 1 fully saturated rings. The van der Waals surface area contributed by atoms with Gasteiger partial charge in [0.15, 0.2) is 0 Å². The van der Waals surface area contributed by atoms with Crippen LogP contribution in [0.4, 0.5) is 0 Å². The van der Waals surface area contributed by atoms with Crippen molar-refractivity contribution in [3.63, 3.8) is 0 Å². The molecule has 0 saturated heterocycles. The van der Waals surface area contributed by atoms with Gasteiger partial charge in [0.2, 0.25) is 0 Å². The first kappa shape index (κ1) is 14.0. The molecule has 0 amide bonds. The zero-order valence-corrected chi connectivity index (χ0v) is 11.6. The van der Waals surface area contributed by atoms with Gasteiger partial charge >= 0.3 is 0 Å². The van der Waals surface area contributed by atoms with Gasteiger partial charge in [0.25, 0.3) is 0 Å². The average molecular weight is 226 g/mol. The second-order valence-corrected chi connectivity index (χ2v) is 5.28. The van der Waals surface area contributed by atoms with Crippen LogP contribution in [0.1, 0.15) is 53.4 Å². The smallest absolute Gasteiger partial charge is 0.0251 e. The SMILES string of the molecule is CCCN(CC)C1CC(C)CCC1NCC. The van der Waals surface area contributed by atoms with Crippen LogP contribution in [0.2, 0.25) is 0 Å². The van der Waals surface area contributed by atoms with E-state index in [0.29, 0.717) is 0 Å². The maximum Gasteiger partial charge on any atom is 0.0251 e. The molecule has 1 saturated carbocycles. The van der Waals surface area contributed by atoms with Crippen LogP contribution in [-0.2, 0) is 0 Å². The molecule has 1 N–H and O–H groups in total. The van der Waals surface area contributed by atoms with Crippen molar-refractivity contribution in [2.75, 3.05) is 19.6 Å². The first-order chi connectivity index (χ1) is 7.72. The summed E-state index contributed by atoms with van der Waals surface area (Å²) in [6.07, 6.45) is 5.42. The third-order valence-electron chi connectivity index (χ3n) is 3.93. The molecule has 3 unspecified atom stereocenters. The zero-order valence-electron chi connectivity index (χ0n) is 11.6. The topological polar surface area (TPSA) is 15.3 Å². The van der Waals surface area contributed by atoms with Crippen molar-refractivity contribution in [2.45, 2.75) is 65.5 Å². The Bertz CT molecular complexity index is 174. The van der Waals surface area contributed by atoms with E-state index in [2.05, 4.69) is 37.9 Å². The lowest BCUT2D eigenvalue weighted by atomic mass is 9.82. The van der Waals surface area contributed by atoms with Crippen molar-refractivity contribution in [3.05, 3.63) is 0 Å². The molecule has 2 nitrogen and oxygen atoms in total. The molecule has 0 bridgehead atoms. The van der Waals surface area contributed by atoms with Gasteiger partial charge in [0, 0.05) is 12.1 Å². The summed E-state index contributed by atoms with van der Waals surface area (Å²) < 4.78 is 0. The highest BCUT2D eigenvalue weighted by atomic mass is 15.2. The van der Waals surface area contributed by atoms with Crippen molar-refractivity contribution in [3.8, 4) is 0 Å². The summed E-state index contributed by atoms with van der Waals surface area (Å²) in [6, 6.07) is 1.50. The van der Waals surface area contributed by atoms with Gasteiger partial charge in [0.1, 0.15) is 0 Å². The molecule has 0 aromatic rings. The van der Waals surface area contributed by atoms with E-state index in [4.69, 9.17) is 0 Å². The zero-order chi connectivity index (χ0) is 12.0. The van der Waals surface area contributed by atoms with Crippen molar-refractivity contribution in [1.82, 2.24) is 10.2 Å². The first-order valence-electron chi connectivity index (χ1n) is 7.20. The molecule has 2 heteroatoms. The molecule has 0 radical (unpaired) electrons. The molecule has 3 atom stereocenters. The van der Waals surface area contributed by atoms with Crippen molar-refractivity contribution >= 4 is 0 Å². The van der Waals surface area contributed by atoms with Crippen LogP contribution >= 0.6 is 0 Å². The molecular weight excluding hydrogens is 196 g/mol. The summed E-state index contributed by atoms with van der Waals surface area (Å²) in [5, 5.41) is 3.69. The Balaban J connectivity index is 2.60. The summed E-state index contributed by atoms with van der Waals surface area (Å²) in [5.41, 5.74) is 0. The largest absolute Gasteiger partial charge is 0.313 e. The van der Waals surface area contributed by atoms with E-state index < -0.39 is 0 Å². The summed E-state index contributed by atoms with van der Waals surface area (Å²) in [6.45, 7) is 12.8. The van der Waals surface area contributed by atoms with Gasteiger partial charge in [-0.05, 0) is 51.2 Å². The lowest BCUT2D eigenvalue weighted by molar-refractivity contribution is 0.106. The van der Waals surface area contributed by atoms with E-state index in [9.17, 15) is 0 Å². The molecule has 1 aliphatic rings. The van der Waals surface area contributed by atoms with Crippen LogP contribution in [-0.4, -0.2) is 36.6 Å². The molecule has 0 heterocycles.